The average molecular weight is 449 g/mol. The molecule has 6 nitrogen and oxygen atoms in total. The van der Waals surface area contributed by atoms with Gasteiger partial charge in [0.25, 0.3) is 5.91 Å². The summed E-state index contributed by atoms with van der Waals surface area (Å²) in [6.07, 6.45) is 0. The lowest BCUT2D eigenvalue weighted by Gasteiger charge is -2.13. The molecule has 1 atom stereocenters. The molecular formula is C17H13BrN4O2S2. The Labute approximate surface area is 164 Å². The smallest absolute Gasteiger partial charge is 0.323 e. The Balaban J connectivity index is 1.51. The summed E-state index contributed by atoms with van der Waals surface area (Å²) < 4.78 is 1.01. The van der Waals surface area contributed by atoms with Crippen molar-refractivity contribution < 1.29 is 4.79 Å². The van der Waals surface area contributed by atoms with Gasteiger partial charge in [0.2, 0.25) is 0 Å². The predicted octanol–water partition coefficient (Wildman–Crippen LogP) is 4.29. The van der Waals surface area contributed by atoms with Crippen molar-refractivity contribution in [2.45, 2.75) is 13.0 Å². The Morgan fingerprint density at radius 1 is 1.19 bits per heavy atom. The Hall–Kier alpha value is -2.23. The molecule has 4 aromatic rings. The second kappa shape index (κ2) is 6.82. The van der Waals surface area contributed by atoms with Crippen LogP contribution in [0, 0.1) is 0 Å². The number of aromatic amines is 2. The van der Waals surface area contributed by atoms with Gasteiger partial charge in [-0.25, -0.2) is 9.78 Å². The molecule has 3 aromatic heterocycles. The molecule has 0 radical (unpaired) electrons. The van der Waals surface area contributed by atoms with Crippen LogP contribution in [0.5, 0.6) is 0 Å². The highest BCUT2D eigenvalue weighted by Crippen LogP contribution is 2.32. The number of nitrogens with zero attached hydrogens (tertiary/aromatic N) is 1. The summed E-state index contributed by atoms with van der Waals surface area (Å²) in [5, 5.41) is 7.52. The molecule has 0 bridgehead atoms. The Morgan fingerprint density at radius 3 is 2.77 bits per heavy atom. The highest BCUT2D eigenvalue weighted by Gasteiger charge is 2.16. The third-order valence-corrected chi connectivity index (χ3v) is 6.61. The number of thiophene rings is 1. The number of fused-ring (bicyclic) bond motifs is 1. The highest BCUT2D eigenvalue weighted by atomic mass is 79.9. The van der Waals surface area contributed by atoms with Gasteiger partial charge in [0.1, 0.15) is 10.7 Å². The predicted molar refractivity (Wildman–Crippen MR) is 108 cm³/mol. The topological polar surface area (TPSA) is 90.6 Å². The Kier molecular flexibility index (Phi) is 4.51. The lowest BCUT2D eigenvalue weighted by Crippen LogP contribution is -2.26. The number of nitrogens with one attached hydrogen (secondary N) is 3. The summed E-state index contributed by atoms with van der Waals surface area (Å²) in [6.45, 7) is 1.90. The van der Waals surface area contributed by atoms with Crippen molar-refractivity contribution in [1.82, 2.24) is 20.3 Å². The Morgan fingerprint density at radius 2 is 2.00 bits per heavy atom. The third-order valence-electron chi connectivity index (χ3n) is 3.90. The number of H-pyrrole nitrogens is 2. The molecule has 4 rings (SSSR count). The van der Waals surface area contributed by atoms with Crippen LogP contribution < -0.4 is 11.0 Å². The number of carbonyl (C=O) groups excluding carboxylic acids is 1. The van der Waals surface area contributed by atoms with E-state index in [0.717, 1.165) is 25.4 Å². The molecule has 1 aromatic carbocycles. The number of thiazole rings is 1. The standard InChI is InChI=1S/C17H13BrN4O2S2/c1-8(9-2-3-11-12(4-9)22-17(24)21-11)19-15(23)13-7-26-16(20-13)14-5-10(18)6-25-14/h2-8H,1H3,(H,19,23)(H2,21,22,24). The van der Waals surface area contributed by atoms with Crippen molar-refractivity contribution in [3.05, 3.63) is 61.2 Å². The van der Waals surface area contributed by atoms with Gasteiger partial charge in [0.05, 0.1) is 22.0 Å². The molecule has 3 N–H and O–H groups in total. The quantitative estimate of drug-likeness (QED) is 0.434. The molecule has 0 aliphatic rings. The number of aromatic nitrogens is 3. The van der Waals surface area contributed by atoms with E-state index in [1.54, 1.807) is 16.7 Å². The van der Waals surface area contributed by atoms with Crippen LogP contribution in [0.15, 0.2) is 44.3 Å². The van der Waals surface area contributed by atoms with Crippen LogP contribution >= 0.6 is 38.6 Å². The summed E-state index contributed by atoms with van der Waals surface area (Å²) >= 11 is 6.45. The van der Waals surface area contributed by atoms with E-state index in [9.17, 15) is 9.59 Å². The van der Waals surface area contributed by atoms with Crippen molar-refractivity contribution in [1.29, 1.82) is 0 Å². The van der Waals surface area contributed by atoms with E-state index in [1.807, 2.05) is 36.6 Å². The van der Waals surface area contributed by atoms with Crippen molar-refractivity contribution in [3.8, 4) is 9.88 Å². The van der Waals surface area contributed by atoms with E-state index >= 15 is 0 Å². The van der Waals surface area contributed by atoms with E-state index in [1.165, 1.54) is 11.3 Å². The zero-order valence-electron chi connectivity index (χ0n) is 13.5. The first-order valence-electron chi connectivity index (χ1n) is 7.72. The maximum absolute atomic E-state index is 12.5. The van der Waals surface area contributed by atoms with Crippen LogP contribution in [0.4, 0.5) is 0 Å². The highest BCUT2D eigenvalue weighted by molar-refractivity contribution is 9.10. The zero-order valence-corrected chi connectivity index (χ0v) is 16.7. The van der Waals surface area contributed by atoms with Crippen molar-refractivity contribution in [2.75, 3.05) is 0 Å². The molecule has 132 valence electrons. The normalized spacial score (nSPS) is 12.4. The molecule has 3 heterocycles. The van der Waals surface area contributed by atoms with E-state index in [0.29, 0.717) is 11.2 Å². The molecule has 0 aliphatic heterocycles. The summed E-state index contributed by atoms with van der Waals surface area (Å²) in [4.78, 5) is 34.8. The van der Waals surface area contributed by atoms with Gasteiger partial charge in [-0.2, -0.15) is 0 Å². The fourth-order valence-corrected chi connectivity index (χ4v) is 4.90. The van der Waals surface area contributed by atoms with Gasteiger partial charge in [-0.05, 0) is 46.6 Å². The second-order valence-corrected chi connectivity index (χ2v) is 8.43. The molecule has 0 saturated carbocycles. The van der Waals surface area contributed by atoms with Gasteiger partial charge in [0.15, 0.2) is 0 Å². The van der Waals surface area contributed by atoms with Crippen LogP contribution in [0.3, 0.4) is 0 Å². The summed E-state index contributed by atoms with van der Waals surface area (Å²) in [7, 11) is 0. The van der Waals surface area contributed by atoms with Crippen LogP contribution in [-0.4, -0.2) is 20.9 Å². The van der Waals surface area contributed by atoms with Crippen molar-refractivity contribution in [2.24, 2.45) is 0 Å². The van der Waals surface area contributed by atoms with E-state index in [2.05, 4.69) is 36.2 Å². The minimum absolute atomic E-state index is 0.216. The molecule has 0 spiro atoms. The maximum atomic E-state index is 12.5. The number of hydrogen-bond donors (Lipinski definition) is 3. The van der Waals surface area contributed by atoms with Gasteiger partial charge >= 0.3 is 5.69 Å². The largest absolute Gasteiger partial charge is 0.344 e. The SMILES string of the molecule is CC(NC(=O)c1csc(-c2cc(Br)cs2)n1)c1ccc2[nH]c(=O)[nH]c2c1. The number of rotatable bonds is 4. The number of imidazole rings is 1. The van der Waals surface area contributed by atoms with Gasteiger partial charge < -0.3 is 15.3 Å². The van der Waals surface area contributed by atoms with Crippen molar-refractivity contribution >= 4 is 55.5 Å². The number of benzene rings is 1. The summed E-state index contributed by atoms with van der Waals surface area (Å²) in [5.74, 6) is -0.224. The summed E-state index contributed by atoms with van der Waals surface area (Å²) in [5.41, 5.74) is 2.51. The molecule has 0 saturated heterocycles. The number of halogens is 1. The van der Waals surface area contributed by atoms with Gasteiger partial charge in [-0.15, -0.1) is 22.7 Å². The molecular weight excluding hydrogens is 436 g/mol. The molecule has 9 heteroatoms. The lowest BCUT2D eigenvalue weighted by molar-refractivity contribution is 0.0935. The fourth-order valence-electron chi connectivity index (χ4n) is 2.59. The lowest BCUT2D eigenvalue weighted by atomic mass is 10.1. The van der Waals surface area contributed by atoms with Gasteiger partial charge in [-0.3, -0.25) is 4.79 Å². The second-order valence-electron chi connectivity index (χ2n) is 5.75. The monoisotopic (exact) mass is 448 g/mol. The first-order chi connectivity index (χ1) is 12.5. The maximum Gasteiger partial charge on any atom is 0.323 e. The molecule has 0 aliphatic carbocycles. The van der Waals surface area contributed by atoms with Crippen molar-refractivity contribution in [3.63, 3.8) is 0 Å². The van der Waals surface area contributed by atoms with E-state index < -0.39 is 0 Å². The van der Waals surface area contributed by atoms with Crippen LogP contribution in [0.2, 0.25) is 0 Å². The number of amides is 1. The molecule has 26 heavy (non-hydrogen) atoms. The first kappa shape index (κ1) is 17.2. The molecule has 1 amide bonds. The van der Waals surface area contributed by atoms with Crippen LogP contribution in [0.1, 0.15) is 29.0 Å². The minimum Gasteiger partial charge on any atom is -0.344 e. The van der Waals surface area contributed by atoms with Gasteiger partial charge in [-0.1, -0.05) is 6.07 Å². The Bertz CT molecular complexity index is 1160. The zero-order chi connectivity index (χ0) is 18.3. The molecule has 0 fully saturated rings. The van der Waals surface area contributed by atoms with Crippen LogP contribution in [-0.2, 0) is 0 Å². The summed E-state index contributed by atoms with van der Waals surface area (Å²) in [6, 6.07) is 7.33. The third kappa shape index (κ3) is 3.37. The first-order valence-corrected chi connectivity index (χ1v) is 10.3. The average Bonchev–Trinajstić information content (AvgIpc) is 3.31. The number of hydrogen-bond acceptors (Lipinski definition) is 5. The fraction of sp³-hybridized carbons (Fsp3) is 0.118. The van der Waals surface area contributed by atoms with E-state index in [4.69, 9.17) is 0 Å². The van der Waals surface area contributed by atoms with E-state index in [-0.39, 0.29) is 17.6 Å². The van der Waals surface area contributed by atoms with Gasteiger partial charge in [0, 0.05) is 15.2 Å². The van der Waals surface area contributed by atoms with Crippen LogP contribution in [0.25, 0.3) is 20.9 Å². The molecule has 1 unspecified atom stereocenters. The minimum atomic E-state index is -0.246. The number of carbonyl (C=O) groups is 1.